The van der Waals surface area contributed by atoms with Crippen molar-refractivity contribution in [2.75, 3.05) is 19.8 Å². The molecule has 7 heteroatoms. The summed E-state index contributed by atoms with van der Waals surface area (Å²) in [5.74, 6) is -0.403. The summed E-state index contributed by atoms with van der Waals surface area (Å²) in [6, 6.07) is 0. The molecule has 130 valence electrons. The van der Waals surface area contributed by atoms with E-state index in [1.165, 1.54) is 0 Å². The molecule has 22 heavy (non-hydrogen) atoms. The third-order valence-electron chi connectivity index (χ3n) is 2.48. The van der Waals surface area contributed by atoms with Crippen LogP contribution in [-0.4, -0.2) is 48.8 Å². The van der Waals surface area contributed by atoms with Crippen molar-refractivity contribution in [3.8, 4) is 0 Å². The lowest BCUT2D eigenvalue weighted by atomic mass is 10.3. The summed E-state index contributed by atoms with van der Waals surface area (Å²) in [6.45, 7) is 18.9. The van der Waals surface area contributed by atoms with Gasteiger partial charge in [0.05, 0.1) is 6.61 Å². The Morgan fingerprint density at radius 1 is 1.14 bits per heavy atom. The first-order valence-electron chi connectivity index (χ1n) is 7.75. The van der Waals surface area contributed by atoms with E-state index >= 15 is 0 Å². The summed E-state index contributed by atoms with van der Waals surface area (Å²) in [5, 5.41) is 0. The number of hydrogen-bond donors (Lipinski definition) is 0. The van der Waals surface area contributed by atoms with Crippen LogP contribution in [0.4, 0.5) is 0 Å². The van der Waals surface area contributed by atoms with Crippen molar-refractivity contribution in [3.63, 3.8) is 0 Å². The molecule has 0 aliphatic carbocycles. The van der Waals surface area contributed by atoms with Crippen molar-refractivity contribution in [1.29, 1.82) is 0 Å². The fourth-order valence-electron chi connectivity index (χ4n) is 1.78. The van der Waals surface area contributed by atoms with Gasteiger partial charge >= 0.3 is 14.5 Å². The highest BCUT2D eigenvalue weighted by molar-refractivity contribution is 6.81. The average molecular weight is 349 g/mol. The van der Waals surface area contributed by atoms with E-state index in [-0.39, 0.29) is 12.7 Å². The van der Waals surface area contributed by atoms with E-state index in [0.717, 1.165) is 6.42 Å². The molecule has 0 bridgehead atoms. The van der Waals surface area contributed by atoms with Gasteiger partial charge in [-0.2, -0.15) is 0 Å². The zero-order valence-corrected chi connectivity index (χ0v) is 17.2. The Hall–Kier alpha value is -0.476. The Balaban J connectivity index is 4.45. The molecule has 0 saturated carbocycles. The van der Waals surface area contributed by atoms with Gasteiger partial charge in [0.2, 0.25) is 0 Å². The summed E-state index contributed by atoms with van der Waals surface area (Å²) < 4.78 is 23.0. The Bertz CT molecular complexity index is 363. The van der Waals surface area contributed by atoms with E-state index in [0.29, 0.717) is 18.8 Å². The first-order valence-corrected chi connectivity index (χ1v) is 14.0. The van der Waals surface area contributed by atoms with E-state index in [2.05, 4.69) is 26.2 Å². The van der Waals surface area contributed by atoms with Gasteiger partial charge in [0.1, 0.15) is 12.7 Å². The topological polar surface area (TPSA) is 54.0 Å². The summed E-state index contributed by atoms with van der Waals surface area (Å²) in [5.41, 5.74) is 0.381. The molecule has 0 radical (unpaired) electrons. The molecule has 0 rings (SSSR count). The molecule has 1 unspecified atom stereocenters. The molecule has 0 saturated heterocycles. The Labute approximate surface area is 137 Å². The zero-order valence-electron chi connectivity index (χ0n) is 15.2. The molecular weight excluding hydrogens is 316 g/mol. The SMILES string of the molecule is C=C(C)C(=O)OCC(CO[Si](C)(C)O[Si](C)(C)C)OCCC. The molecule has 0 fully saturated rings. The monoisotopic (exact) mass is 348 g/mol. The van der Waals surface area contributed by atoms with Gasteiger partial charge in [-0.05, 0) is 46.1 Å². The highest BCUT2D eigenvalue weighted by Crippen LogP contribution is 2.16. The van der Waals surface area contributed by atoms with E-state index in [4.69, 9.17) is 18.0 Å². The molecule has 0 N–H and O–H groups in total. The minimum atomic E-state index is -2.20. The van der Waals surface area contributed by atoms with Gasteiger partial charge in [-0.1, -0.05) is 13.5 Å². The number of carbonyl (C=O) groups excluding carboxylic acids is 1. The van der Waals surface area contributed by atoms with Gasteiger partial charge in [-0.25, -0.2) is 4.79 Å². The third kappa shape index (κ3) is 11.1. The molecule has 0 aliphatic heterocycles. The fraction of sp³-hybridized carbons (Fsp3) is 0.800. The molecule has 0 aromatic carbocycles. The summed E-state index contributed by atoms with van der Waals surface area (Å²) >= 11 is 0. The second kappa shape index (κ2) is 9.62. The van der Waals surface area contributed by atoms with Gasteiger partial charge in [0.25, 0.3) is 0 Å². The fourth-order valence-corrected chi connectivity index (χ4v) is 8.50. The summed E-state index contributed by atoms with van der Waals surface area (Å²) in [4.78, 5) is 11.5. The van der Waals surface area contributed by atoms with Crippen LogP contribution in [-0.2, 0) is 22.8 Å². The number of hydrogen-bond acceptors (Lipinski definition) is 5. The van der Waals surface area contributed by atoms with Crippen molar-refractivity contribution in [3.05, 3.63) is 12.2 Å². The van der Waals surface area contributed by atoms with Crippen LogP contribution in [0.1, 0.15) is 20.3 Å². The second-order valence-corrected chi connectivity index (χ2v) is 14.9. The van der Waals surface area contributed by atoms with Crippen LogP contribution < -0.4 is 0 Å². The van der Waals surface area contributed by atoms with Crippen LogP contribution in [0.5, 0.6) is 0 Å². The van der Waals surface area contributed by atoms with Crippen LogP contribution in [0.3, 0.4) is 0 Å². The molecule has 0 aliphatic rings. The molecule has 0 aromatic heterocycles. The number of carbonyl (C=O) groups is 1. The van der Waals surface area contributed by atoms with Crippen LogP contribution in [0.25, 0.3) is 0 Å². The van der Waals surface area contributed by atoms with Gasteiger partial charge in [0.15, 0.2) is 8.32 Å². The first-order chi connectivity index (χ1) is 9.97. The highest BCUT2D eigenvalue weighted by atomic mass is 28.4. The first kappa shape index (κ1) is 21.5. The smallest absolute Gasteiger partial charge is 0.333 e. The van der Waals surface area contributed by atoms with E-state index in [9.17, 15) is 4.79 Å². The maximum Gasteiger partial charge on any atom is 0.333 e. The maximum atomic E-state index is 11.5. The van der Waals surface area contributed by atoms with Gasteiger partial charge in [-0.15, -0.1) is 0 Å². The quantitative estimate of drug-likeness (QED) is 0.325. The molecule has 5 nitrogen and oxygen atoms in total. The lowest BCUT2D eigenvalue weighted by Gasteiger charge is -2.32. The molecule has 0 heterocycles. The predicted molar refractivity (Wildman–Crippen MR) is 93.7 cm³/mol. The van der Waals surface area contributed by atoms with Crippen LogP contribution in [0.15, 0.2) is 12.2 Å². The summed E-state index contributed by atoms with van der Waals surface area (Å²) in [7, 11) is -3.84. The minimum absolute atomic E-state index is 0.170. The van der Waals surface area contributed by atoms with Crippen LogP contribution >= 0.6 is 0 Å². The van der Waals surface area contributed by atoms with Crippen LogP contribution in [0, 0.1) is 0 Å². The lowest BCUT2D eigenvalue weighted by Crippen LogP contribution is -2.46. The second-order valence-electron chi connectivity index (χ2n) is 6.80. The van der Waals surface area contributed by atoms with Gasteiger partial charge in [-0.3, -0.25) is 0 Å². The Morgan fingerprint density at radius 3 is 2.18 bits per heavy atom. The Kier molecular flexibility index (Phi) is 9.41. The van der Waals surface area contributed by atoms with Gasteiger partial charge < -0.3 is 18.0 Å². The average Bonchev–Trinajstić information content (AvgIpc) is 2.34. The summed E-state index contributed by atoms with van der Waals surface area (Å²) in [6.07, 6.45) is 0.622. The maximum absolute atomic E-state index is 11.5. The molecule has 0 amide bonds. The normalized spacial score (nSPS) is 13.8. The van der Waals surface area contributed by atoms with E-state index in [1.54, 1.807) is 6.92 Å². The van der Waals surface area contributed by atoms with E-state index < -0.39 is 22.8 Å². The molecule has 0 spiro atoms. The van der Waals surface area contributed by atoms with Gasteiger partial charge in [0, 0.05) is 12.2 Å². The zero-order chi connectivity index (χ0) is 17.4. The van der Waals surface area contributed by atoms with Crippen molar-refractivity contribution in [2.24, 2.45) is 0 Å². The highest BCUT2D eigenvalue weighted by Gasteiger charge is 2.32. The number of rotatable bonds is 11. The van der Waals surface area contributed by atoms with E-state index in [1.807, 2.05) is 20.0 Å². The largest absolute Gasteiger partial charge is 0.459 e. The number of esters is 1. The third-order valence-corrected chi connectivity index (χ3v) is 7.75. The molecule has 1 atom stereocenters. The van der Waals surface area contributed by atoms with Crippen molar-refractivity contribution in [1.82, 2.24) is 0 Å². The van der Waals surface area contributed by atoms with Crippen molar-refractivity contribution >= 4 is 22.8 Å². The predicted octanol–water partition coefficient (Wildman–Crippen LogP) is 3.47. The van der Waals surface area contributed by atoms with Crippen molar-refractivity contribution < 1.29 is 22.8 Å². The Morgan fingerprint density at radius 2 is 1.73 bits per heavy atom. The number of ether oxygens (including phenoxy) is 2. The standard InChI is InChI=1S/C15H32O5Si2/c1-9-10-17-14(11-18-15(16)13(2)3)12-19-22(7,8)20-21(4,5)6/h14H,2,9-12H2,1,3-8H3. The van der Waals surface area contributed by atoms with Crippen molar-refractivity contribution in [2.45, 2.75) is 59.1 Å². The van der Waals surface area contributed by atoms with Crippen LogP contribution in [0.2, 0.25) is 32.7 Å². The minimum Gasteiger partial charge on any atom is -0.459 e. The lowest BCUT2D eigenvalue weighted by molar-refractivity contribution is -0.144. The molecule has 0 aromatic rings. The molecular formula is C15H32O5Si2.